The van der Waals surface area contributed by atoms with Crippen LogP contribution in [0.2, 0.25) is 0 Å². The van der Waals surface area contributed by atoms with E-state index in [0.717, 1.165) is 23.0 Å². The lowest BCUT2D eigenvalue weighted by Gasteiger charge is -2.33. The first kappa shape index (κ1) is 16.5. The summed E-state index contributed by atoms with van der Waals surface area (Å²) in [6.45, 7) is 11.0. The molecule has 0 saturated carbocycles. The molecule has 0 saturated heterocycles. The summed E-state index contributed by atoms with van der Waals surface area (Å²) in [5.74, 6) is 0.257. The lowest BCUT2D eigenvalue weighted by molar-refractivity contribution is 0.278. The lowest BCUT2D eigenvalue weighted by Crippen LogP contribution is -2.25. The summed E-state index contributed by atoms with van der Waals surface area (Å²) >= 11 is 0. The maximum atomic E-state index is 10.9. The van der Waals surface area contributed by atoms with Gasteiger partial charge in [-0.3, -0.25) is 0 Å². The van der Waals surface area contributed by atoms with E-state index < -0.39 is 0 Å². The Kier molecular flexibility index (Phi) is 3.86. The second kappa shape index (κ2) is 5.62. The first-order valence-electron chi connectivity index (χ1n) is 8.32. The van der Waals surface area contributed by atoms with Crippen LogP contribution in [0, 0.1) is 5.41 Å². The Morgan fingerprint density at radius 3 is 2.00 bits per heavy atom. The summed E-state index contributed by atoms with van der Waals surface area (Å²) in [6.07, 6.45) is 0.964. The average molecular weight is 323 g/mol. The molecule has 126 valence electrons. The number of benzene rings is 2. The third-order valence-corrected chi connectivity index (χ3v) is 4.22. The van der Waals surface area contributed by atoms with Crippen molar-refractivity contribution in [3.8, 4) is 11.4 Å². The zero-order valence-corrected chi connectivity index (χ0v) is 15.0. The van der Waals surface area contributed by atoms with Crippen molar-refractivity contribution in [2.75, 3.05) is 0 Å². The van der Waals surface area contributed by atoms with Crippen LogP contribution < -0.4 is 0 Å². The average Bonchev–Trinajstić information content (AvgIpc) is 2.88. The van der Waals surface area contributed by atoms with Crippen LogP contribution in [0.4, 0.5) is 0 Å². The fraction of sp³-hybridized carbons (Fsp3) is 0.400. The van der Waals surface area contributed by atoms with Gasteiger partial charge in [0.2, 0.25) is 0 Å². The summed E-state index contributed by atoms with van der Waals surface area (Å²) in [7, 11) is 0. The number of rotatable bonds is 3. The van der Waals surface area contributed by atoms with Crippen molar-refractivity contribution in [3.63, 3.8) is 0 Å². The van der Waals surface area contributed by atoms with Gasteiger partial charge < -0.3 is 5.11 Å². The van der Waals surface area contributed by atoms with Gasteiger partial charge in [0.25, 0.3) is 0 Å². The number of hydrogen-bond donors (Lipinski definition) is 1. The molecule has 0 aliphatic carbocycles. The molecular weight excluding hydrogens is 298 g/mol. The van der Waals surface area contributed by atoms with Gasteiger partial charge in [-0.15, -0.1) is 15.0 Å². The zero-order valence-electron chi connectivity index (χ0n) is 15.0. The molecule has 0 atom stereocenters. The third kappa shape index (κ3) is 3.14. The predicted molar refractivity (Wildman–Crippen MR) is 97.6 cm³/mol. The third-order valence-electron chi connectivity index (χ3n) is 4.22. The lowest BCUT2D eigenvalue weighted by atomic mass is 9.72. The van der Waals surface area contributed by atoms with E-state index in [1.165, 1.54) is 4.80 Å². The van der Waals surface area contributed by atoms with E-state index in [1.54, 1.807) is 0 Å². The van der Waals surface area contributed by atoms with Gasteiger partial charge >= 0.3 is 0 Å². The van der Waals surface area contributed by atoms with Crippen LogP contribution in [-0.2, 0) is 5.41 Å². The summed E-state index contributed by atoms with van der Waals surface area (Å²) in [4.78, 5) is 1.52. The fourth-order valence-electron chi connectivity index (χ4n) is 3.63. The van der Waals surface area contributed by atoms with Gasteiger partial charge in [0, 0.05) is 5.56 Å². The van der Waals surface area contributed by atoms with Crippen molar-refractivity contribution < 1.29 is 5.11 Å². The zero-order chi connectivity index (χ0) is 17.5. The highest BCUT2D eigenvalue weighted by atomic mass is 16.3. The SMILES string of the molecule is CC(C)(C)CC(C)(C)c1cccc(-n2nc3ccccc3n2)c1O. The van der Waals surface area contributed by atoms with Gasteiger partial charge in [0.1, 0.15) is 22.5 Å². The summed E-state index contributed by atoms with van der Waals surface area (Å²) < 4.78 is 0. The van der Waals surface area contributed by atoms with Crippen LogP contribution in [0.15, 0.2) is 42.5 Å². The summed E-state index contributed by atoms with van der Waals surface area (Å²) in [6, 6.07) is 13.5. The molecule has 0 aliphatic rings. The molecule has 0 unspecified atom stereocenters. The maximum Gasteiger partial charge on any atom is 0.146 e. The van der Waals surface area contributed by atoms with Crippen molar-refractivity contribution >= 4 is 11.0 Å². The van der Waals surface area contributed by atoms with Gasteiger partial charge in [-0.1, -0.05) is 58.9 Å². The van der Waals surface area contributed by atoms with E-state index in [2.05, 4.69) is 44.8 Å². The van der Waals surface area contributed by atoms with Crippen molar-refractivity contribution in [3.05, 3.63) is 48.0 Å². The first-order chi connectivity index (χ1) is 11.2. The highest BCUT2D eigenvalue weighted by Gasteiger charge is 2.30. The molecule has 0 fully saturated rings. The monoisotopic (exact) mass is 323 g/mol. The predicted octanol–water partition coefficient (Wildman–Crippen LogP) is 4.84. The standard InChI is InChI=1S/C20H25N3O/c1-19(2,3)13-20(4,5)14-9-8-12-17(18(14)24)23-21-15-10-6-7-11-16(15)22-23/h6-12,24H,13H2,1-5H3. The Morgan fingerprint density at radius 1 is 0.875 bits per heavy atom. The highest BCUT2D eigenvalue weighted by molar-refractivity contribution is 5.73. The highest BCUT2D eigenvalue weighted by Crippen LogP contribution is 2.41. The molecule has 0 radical (unpaired) electrons. The smallest absolute Gasteiger partial charge is 0.146 e. The van der Waals surface area contributed by atoms with Crippen molar-refractivity contribution in [2.24, 2.45) is 5.41 Å². The Hall–Kier alpha value is -2.36. The normalized spacial score (nSPS) is 12.7. The van der Waals surface area contributed by atoms with Crippen LogP contribution in [0.3, 0.4) is 0 Å². The topological polar surface area (TPSA) is 50.9 Å². The number of fused-ring (bicyclic) bond motifs is 1. The largest absolute Gasteiger partial charge is 0.505 e. The minimum atomic E-state index is -0.148. The van der Waals surface area contributed by atoms with Gasteiger partial charge in [-0.25, -0.2) is 0 Å². The minimum Gasteiger partial charge on any atom is -0.505 e. The summed E-state index contributed by atoms with van der Waals surface area (Å²) in [5, 5.41) is 19.9. The van der Waals surface area contributed by atoms with Crippen LogP contribution in [0.25, 0.3) is 16.7 Å². The maximum absolute atomic E-state index is 10.9. The number of para-hydroxylation sites is 1. The molecular formula is C20H25N3O. The second-order valence-corrected chi connectivity index (χ2v) is 8.27. The molecule has 0 amide bonds. The van der Waals surface area contributed by atoms with E-state index in [9.17, 15) is 5.11 Å². The Morgan fingerprint density at radius 2 is 1.46 bits per heavy atom. The van der Waals surface area contributed by atoms with E-state index in [0.29, 0.717) is 5.69 Å². The molecule has 2 aromatic carbocycles. The van der Waals surface area contributed by atoms with Crippen molar-refractivity contribution in [1.29, 1.82) is 0 Å². The van der Waals surface area contributed by atoms with Crippen molar-refractivity contribution in [1.82, 2.24) is 15.0 Å². The van der Waals surface area contributed by atoms with Gasteiger partial charge in [-0.05, 0) is 35.4 Å². The molecule has 24 heavy (non-hydrogen) atoms. The van der Waals surface area contributed by atoms with E-state index in [1.807, 2.05) is 42.5 Å². The number of phenolic OH excluding ortho intramolecular Hbond substituents is 1. The quantitative estimate of drug-likeness (QED) is 0.750. The van der Waals surface area contributed by atoms with Crippen LogP contribution >= 0.6 is 0 Å². The Bertz CT molecular complexity index is 839. The number of phenols is 1. The molecule has 0 aliphatic heterocycles. The second-order valence-electron chi connectivity index (χ2n) is 8.27. The molecule has 4 heteroatoms. The molecule has 1 heterocycles. The Balaban J connectivity index is 2.08. The molecule has 3 rings (SSSR count). The van der Waals surface area contributed by atoms with E-state index in [4.69, 9.17) is 0 Å². The molecule has 0 spiro atoms. The molecule has 1 N–H and O–H groups in total. The fourth-order valence-corrected chi connectivity index (χ4v) is 3.63. The molecule has 4 nitrogen and oxygen atoms in total. The minimum absolute atomic E-state index is 0.148. The first-order valence-corrected chi connectivity index (χ1v) is 8.32. The van der Waals surface area contributed by atoms with Crippen LogP contribution in [0.5, 0.6) is 5.75 Å². The number of aromatic nitrogens is 3. The number of nitrogens with zero attached hydrogens (tertiary/aromatic N) is 3. The molecule has 3 aromatic rings. The van der Waals surface area contributed by atoms with Gasteiger partial charge in [-0.2, -0.15) is 0 Å². The Labute approximate surface area is 143 Å². The van der Waals surface area contributed by atoms with Gasteiger partial charge in [0.05, 0.1) is 0 Å². The van der Waals surface area contributed by atoms with Crippen LogP contribution in [0.1, 0.15) is 46.6 Å². The number of hydrogen-bond acceptors (Lipinski definition) is 3. The number of aromatic hydroxyl groups is 1. The van der Waals surface area contributed by atoms with E-state index in [-0.39, 0.29) is 16.6 Å². The molecule has 0 bridgehead atoms. The van der Waals surface area contributed by atoms with Crippen molar-refractivity contribution in [2.45, 2.75) is 46.5 Å². The van der Waals surface area contributed by atoms with Crippen LogP contribution in [-0.4, -0.2) is 20.1 Å². The summed E-state index contributed by atoms with van der Waals surface area (Å²) in [5.41, 5.74) is 3.20. The van der Waals surface area contributed by atoms with Gasteiger partial charge in [0.15, 0.2) is 0 Å². The molecule has 1 aromatic heterocycles. The van der Waals surface area contributed by atoms with E-state index >= 15 is 0 Å².